The molecule has 0 unspecified atom stereocenters. The zero-order valence-corrected chi connectivity index (χ0v) is 12.0. The smallest absolute Gasteiger partial charge is 0.126 e. The van der Waals surface area contributed by atoms with Crippen LogP contribution in [0.25, 0.3) is 10.9 Å². The van der Waals surface area contributed by atoms with E-state index in [1.165, 1.54) is 0 Å². The van der Waals surface area contributed by atoms with E-state index >= 15 is 0 Å². The summed E-state index contributed by atoms with van der Waals surface area (Å²) in [7, 11) is 0. The zero-order chi connectivity index (χ0) is 13.8. The topological polar surface area (TPSA) is 50.9 Å². The minimum absolute atomic E-state index is 0.310. The third kappa shape index (κ3) is 1.76. The number of pyridine rings is 1. The average molecular weight is 255 g/mol. The van der Waals surface area contributed by atoms with Crippen molar-refractivity contribution in [3.05, 3.63) is 30.3 Å². The standard InChI is InChI=1S/C16H21N3/c1-15(2)14(16(15,3)4)19-13-8-5-10-9-11(17)6-7-12(10)18-13/h5-9,14H,17H2,1-4H3,(H,18,19). The minimum atomic E-state index is 0.310. The molecule has 0 amide bonds. The van der Waals surface area contributed by atoms with Gasteiger partial charge in [0.2, 0.25) is 0 Å². The summed E-state index contributed by atoms with van der Waals surface area (Å²) in [4.78, 5) is 4.66. The van der Waals surface area contributed by atoms with Crippen LogP contribution in [0.2, 0.25) is 0 Å². The molecule has 0 aliphatic heterocycles. The fourth-order valence-electron chi connectivity index (χ4n) is 2.93. The lowest BCUT2D eigenvalue weighted by Gasteiger charge is -2.08. The SMILES string of the molecule is CC1(C)C(Nc2ccc3cc(N)ccc3n2)C1(C)C. The van der Waals surface area contributed by atoms with E-state index in [0.29, 0.717) is 16.9 Å². The highest BCUT2D eigenvalue weighted by atomic mass is 15.1. The van der Waals surface area contributed by atoms with E-state index in [1.807, 2.05) is 24.3 Å². The molecule has 2 aromatic rings. The first-order valence-corrected chi connectivity index (χ1v) is 6.75. The van der Waals surface area contributed by atoms with Gasteiger partial charge < -0.3 is 11.1 Å². The largest absolute Gasteiger partial charge is 0.399 e. The summed E-state index contributed by atoms with van der Waals surface area (Å²) in [5.41, 5.74) is 8.16. The number of aromatic nitrogens is 1. The predicted molar refractivity (Wildman–Crippen MR) is 81.1 cm³/mol. The molecule has 3 heteroatoms. The summed E-state index contributed by atoms with van der Waals surface area (Å²) in [6, 6.07) is 10.4. The number of nitrogens with one attached hydrogen (secondary N) is 1. The van der Waals surface area contributed by atoms with E-state index in [0.717, 1.165) is 22.4 Å². The van der Waals surface area contributed by atoms with Crippen molar-refractivity contribution in [1.82, 2.24) is 4.98 Å². The Balaban J connectivity index is 1.89. The lowest BCUT2D eigenvalue weighted by molar-refractivity contribution is 0.457. The van der Waals surface area contributed by atoms with Crippen molar-refractivity contribution in [2.75, 3.05) is 11.1 Å². The molecule has 1 aliphatic rings. The van der Waals surface area contributed by atoms with E-state index in [4.69, 9.17) is 5.73 Å². The second-order valence-corrected chi connectivity index (χ2v) is 6.67. The van der Waals surface area contributed by atoms with Crippen LogP contribution in [0.15, 0.2) is 30.3 Å². The number of nitrogens with two attached hydrogens (primary N) is 1. The maximum Gasteiger partial charge on any atom is 0.126 e. The van der Waals surface area contributed by atoms with Crippen molar-refractivity contribution in [3.63, 3.8) is 0 Å². The summed E-state index contributed by atoms with van der Waals surface area (Å²) in [6.07, 6.45) is 0. The van der Waals surface area contributed by atoms with Crippen LogP contribution in [0.5, 0.6) is 0 Å². The molecule has 0 atom stereocenters. The second kappa shape index (κ2) is 3.62. The molecule has 1 heterocycles. The van der Waals surface area contributed by atoms with Gasteiger partial charge in [-0.2, -0.15) is 0 Å². The van der Waals surface area contributed by atoms with Crippen LogP contribution in [0.4, 0.5) is 11.5 Å². The first-order chi connectivity index (χ1) is 8.82. The molecule has 0 spiro atoms. The highest BCUT2D eigenvalue weighted by Crippen LogP contribution is 2.63. The van der Waals surface area contributed by atoms with Gasteiger partial charge in [0, 0.05) is 17.1 Å². The zero-order valence-electron chi connectivity index (χ0n) is 12.0. The van der Waals surface area contributed by atoms with Gasteiger partial charge >= 0.3 is 0 Å². The van der Waals surface area contributed by atoms with Gasteiger partial charge in [-0.3, -0.25) is 0 Å². The van der Waals surface area contributed by atoms with E-state index in [1.54, 1.807) is 0 Å². The van der Waals surface area contributed by atoms with E-state index < -0.39 is 0 Å². The molecule has 1 aromatic carbocycles. The summed E-state index contributed by atoms with van der Waals surface area (Å²) in [5.74, 6) is 0.945. The molecule has 100 valence electrons. The molecule has 1 aliphatic carbocycles. The summed E-state index contributed by atoms with van der Waals surface area (Å²) >= 11 is 0. The number of rotatable bonds is 2. The van der Waals surface area contributed by atoms with Gasteiger partial charge in [0.05, 0.1) is 5.52 Å². The number of nitrogens with zero attached hydrogens (tertiary/aromatic N) is 1. The first kappa shape index (κ1) is 12.3. The molecule has 1 aromatic heterocycles. The lowest BCUT2D eigenvalue weighted by Crippen LogP contribution is -2.11. The Morgan fingerprint density at radius 3 is 2.37 bits per heavy atom. The fraction of sp³-hybridized carbons (Fsp3) is 0.438. The van der Waals surface area contributed by atoms with Crippen molar-refractivity contribution in [3.8, 4) is 0 Å². The molecular weight excluding hydrogens is 234 g/mol. The third-order valence-corrected chi connectivity index (χ3v) is 5.03. The van der Waals surface area contributed by atoms with Crippen molar-refractivity contribution < 1.29 is 0 Å². The molecule has 0 radical (unpaired) electrons. The normalized spacial score (nSPS) is 20.4. The maximum absolute atomic E-state index is 5.78. The Hall–Kier alpha value is -1.77. The van der Waals surface area contributed by atoms with Crippen molar-refractivity contribution in [1.29, 1.82) is 0 Å². The molecule has 0 bridgehead atoms. The summed E-state index contributed by atoms with van der Waals surface area (Å²) in [6.45, 7) is 9.19. The first-order valence-electron chi connectivity index (χ1n) is 6.75. The number of hydrogen-bond donors (Lipinski definition) is 2. The van der Waals surface area contributed by atoms with Gasteiger partial charge in [0.1, 0.15) is 5.82 Å². The van der Waals surface area contributed by atoms with Gasteiger partial charge in [-0.1, -0.05) is 27.7 Å². The van der Waals surface area contributed by atoms with Crippen LogP contribution in [-0.2, 0) is 0 Å². The number of benzene rings is 1. The molecule has 1 fully saturated rings. The van der Waals surface area contributed by atoms with Gasteiger partial charge in [-0.25, -0.2) is 4.98 Å². The molecule has 3 rings (SSSR count). The Labute approximate surface area is 114 Å². The monoisotopic (exact) mass is 255 g/mol. The Morgan fingerprint density at radius 2 is 1.74 bits per heavy atom. The molecular formula is C16H21N3. The number of hydrogen-bond acceptors (Lipinski definition) is 3. The Bertz CT molecular complexity index is 629. The van der Waals surface area contributed by atoms with Gasteiger partial charge in [0.25, 0.3) is 0 Å². The molecule has 1 saturated carbocycles. The molecule has 3 nitrogen and oxygen atoms in total. The molecule has 3 N–H and O–H groups in total. The van der Waals surface area contributed by atoms with Gasteiger partial charge in [-0.05, 0) is 41.2 Å². The van der Waals surface area contributed by atoms with Crippen molar-refractivity contribution in [2.24, 2.45) is 10.8 Å². The van der Waals surface area contributed by atoms with Crippen LogP contribution < -0.4 is 11.1 Å². The molecule has 19 heavy (non-hydrogen) atoms. The van der Waals surface area contributed by atoms with Crippen LogP contribution in [0.1, 0.15) is 27.7 Å². The van der Waals surface area contributed by atoms with Crippen molar-refractivity contribution >= 4 is 22.4 Å². The second-order valence-electron chi connectivity index (χ2n) is 6.67. The maximum atomic E-state index is 5.78. The van der Waals surface area contributed by atoms with Gasteiger partial charge in [0.15, 0.2) is 0 Å². The predicted octanol–water partition coefficient (Wildman–Crippen LogP) is 3.66. The van der Waals surface area contributed by atoms with Crippen LogP contribution in [-0.4, -0.2) is 11.0 Å². The highest BCUT2D eigenvalue weighted by molar-refractivity contribution is 5.83. The molecule has 0 saturated heterocycles. The Morgan fingerprint density at radius 1 is 1.05 bits per heavy atom. The fourth-order valence-corrected chi connectivity index (χ4v) is 2.93. The highest BCUT2D eigenvalue weighted by Gasteiger charge is 2.65. The van der Waals surface area contributed by atoms with E-state index in [9.17, 15) is 0 Å². The van der Waals surface area contributed by atoms with E-state index in [-0.39, 0.29) is 0 Å². The minimum Gasteiger partial charge on any atom is -0.399 e. The van der Waals surface area contributed by atoms with Crippen LogP contribution in [0.3, 0.4) is 0 Å². The number of fused-ring (bicyclic) bond motifs is 1. The summed E-state index contributed by atoms with van der Waals surface area (Å²) in [5, 5.41) is 4.64. The van der Waals surface area contributed by atoms with Crippen LogP contribution in [0, 0.1) is 10.8 Å². The van der Waals surface area contributed by atoms with Crippen molar-refractivity contribution in [2.45, 2.75) is 33.7 Å². The third-order valence-electron chi connectivity index (χ3n) is 5.03. The average Bonchev–Trinajstić information content (AvgIpc) is 2.72. The Kier molecular flexibility index (Phi) is 2.34. The van der Waals surface area contributed by atoms with Gasteiger partial charge in [-0.15, -0.1) is 0 Å². The number of anilines is 2. The quantitative estimate of drug-likeness (QED) is 0.805. The van der Waals surface area contributed by atoms with Crippen LogP contribution >= 0.6 is 0 Å². The summed E-state index contributed by atoms with van der Waals surface area (Å²) < 4.78 is 0. The van der Waals surface area contributed by atoms with E-state index in [2.05, 4.69) is 44.1 Å². The lowest BCUT2D eigenvalue weighted by atomic mass is 10.0. The number of nitrogen functional groups attached to an aromatic ring is 1.